The van der Waals surface area contributed by atoms with E-state index in [9.17, 15) is 15.0 Å². The molecule has 2 heterocycles. The molecular weight excluding hydrogens is 454 g/mol. The molecule has 2 aromatic heterocycles. The fourth-order valence-electron chi connectivity index (χ4n) is 3.80. The first-order chi connectivity index (χ1) is 16.1. The summed E-state index contributed by atoms with van der Waals surface area (Å²) in [5, 5.41) is 30.4. The van der Waals surface area contributed by atoms with E-state index >= 15 is 0 Å². The van der Waals surface area contributed by atoms with Crippen molar-refractivity contribution >= 4 is 17.2 Å². The smallest absolute Gasteiger partial charge is 0.258 e. The summed E-state index contributed by atoms with van der Waals surface area (Å²) >= 11 is 1.62. The molecule has 1 unspecified atom stereocenters. The predicted octanol–water partition coefficient (Wildman–Crippen LogP) is 3.82. The maximum Gasteiger partial charge on any atom is 0.258 e. The number of aromatic nitrogens is 2. The highest BCUT2D eigenvalue weighted by Crippen LogP contribution is 2.36. The van der Waals surface area contributed by atoms with E-state index in [2.05, 4.69) is 36.3 Å². The summed E-state index contributed by atoms with van der Waals surface area (Å²) in [6.07, 6.45) is -0.917. The number of benzene rings is 1. The molecule has 1 amide bonds. The van der Waals surface area contributed by atoms with Gasteiger partial charge in [-0.3, -0.25) is 4.79 Å². The number of thiophene rings is 1. The van der Waals surface area contributed by atoms with Crippen molar-refractivity contribution in [1.29, 1.82) is 0 Å². The summed E-state index contributed by atoms with van der Waals surface area (Å²) in [6, 6.07) is 3.84. The van der Waals surface area contributed by atoms with Gasteiger partial charge in [0.25, 0.3) is 5.89 Å². The molecule has 0 saturated carbocycles. The molecule has 0 aliphatic heterocycles. The Hall–Kier alpha value is -2.75. The first-order valence-electron chi connectivity index (χ1n) is 11.4. The van der Waals surface area contributed by atoms with Gasteiger partial charge in [0.2, 0.25) is 11.8 Å². The number of carbonyl (C=O) groups excluding carboxylic acids is 1. The highest BCUT2D eigenvalue weighted by atomic mass is 32.1. The average Bonchev–Trinajstić information content (AvgIpc) is 3.39. The molecular formula is C25H33N3O5S. The van der Waals surface area contributed by atoms with Crippen LogP contribution in [-0.2, 0) is 17.6 Å². The van der Waals surface area contributed by atoms with Gasteiger partial charge in [-0.25, -0.2) is 0 Å². The Morgan fingerprint density at radius 2 is 1.88 bits per heavy atom. The molecule has 1 aromatic carbocycles. The lowest BCUT2D eigenvalue weighted by Gasteiger charge is -2.18. The monoisotopic (exact) mass is 487 g/mol. The highest BCUT2D eigenvalue weighted by Gasteiger charge is 2.20. The molecule has 0 radical (unpaired) electrons. The molecule has 0 fully saturated rings. The number of primary amides is 1. The van der Waals surface area contributed by atoms with Crippen molar-refractivity contribution in [2.24, 2.45) is 11.7 Å². The molecule has 8 nitrogen and oxygen atoms in total. The zero-order valence-electron chi connectivity index (χ0n) is 20.3. The van der Waals surface area contributed by atoms with E-state index in [1.165, 1.54) is 11.1 Å². The quantitative estimate of drug-likeness (QED) is 0.375. The van der Waals surface area contributed by atoms with Crippen LogP contribution in [0.25, 0.3) is 22.2 Å². The second-order valence-corrected chi connectivity index (χ2v) is 9.86. The first kappa shape index (κ1) is 25.9. The van der Waals surface area contributed by atoms with Crippen LogP contribution in [-0.4, -0.2) is 45.1 Å². The number of aliphatic hydroxyl groups excluding tert-OH is 2. The van der Waals surface area contributed by atoms with Crippen molar-refractivity contribution in [3.05, 3.63) is 39.8 Å². The Morgan fingerprint density at radius 1 is 1.18 bits per heavy atom. The molecule has 0 aliphatic carbocycles. The molecule has 9 heteroatoms. The molecule has 0 saturated heterocycles. The van der Waals surface area contributed by atoms with Gasteiger partial charge in [0.05, 0.1) is 11.0 Å². The predicted molar refractivity (Wildman–Crippen MR) is 132 cm³/mol. The van der Waals surface area contributed by atoms with Crippen LogP contribution in [0.15, 0.2) is 21.9 Å². The van der Waals surface area contributed by atoms with E-state index < -0.39 is 18.1 Å². The zero-order valence-corrected chi connectivity index (χ0v) is 21.1. The summed E-state index contributed by atoms with van der Waals surface area (Å²) in [4.78, 5) is 12.0. The number of hydrogen-bond donors (Lipinski definition) is 3. The van der Waals surface area contributed by atoms with Crippen LogP contribution in [0, 0.1) is 19.8 Å². The Labute approximate surface area is 203 Å². The largest absolute Gasteiger partial charge is 0.490 e. The fraction of sp³-hybridized carbons (Fsp3) is 0.480. The van der Waals surface area contributed by atoms with Crippen LogP contribution < -0.4 is 10.5 Å². The number of aliphatic hydroxyl groups is 2. The van der Waals surface area contributed by atoms with E-state index in [1.807, 2.05) is 26.0 Å². The van der Waals surface area contributed by atoms with Gasteiger partial charge >= 0.3 is 0 Å². The topological polar surface area (TPSA) is 132 Å². The zero-order chi connectivity index (χ0) is 25.0. The van der Waals surface area contributed by atoms with Crippen molar-refractivity contribution in [3.8, 4) is 28.0 Å². The summed E-state index contributed by atoms with van der Waals surface area (Å²) < 4.78 is 11.9. The van der Waals surface area contributed by atoms with Gasteiger partial charge in [0.1, 0.15) is 18.5 Å². The van der Waals surface area contributed by atoms with Crippen LogP contribution in [0.4, 0.5) is 0 Å². The second-order valence-electron chi connectivity index (χ2n) is 8.98. The van der Waals surface area contributed by atoms with Crippen LogP contribution in [0.3, 0.4) is 0 Å². The van der Waals surface area contributed by atoms with Crippen molar-refractivity contribution < 1.29 is 24.2 Å². The maximum atomic E-state index is 11.0. The summed E-state index contributed by atoms with van der Waals surface area (Å²) in [7, 11) is 0. The Kier molecular flexibility index (Phi) is 8.46. The maximum absolute atomic E-state index is 11.0. The third-order valence-electron chi connectivity index (χ3n) is 5.61. The molecule has 184 valence electrons. The summed E-state index contributed by atoms with van der Waals surface area (Å²) in [5.74, 6) is 1.29. The number of nitrogens with two attached hydrogens (primary N) is 1. The van der Waals surface area contributed by atoms with Gasteiger partial charge in [-0.15, -0.1) is 21.5 Å². The third-order valence-corrected chi connectivity index (χ3v) is 6.73. The van der Waals surface area contributed by atoms with Crippen LogP contribution >= 0.6 is 11.3 Å². The van der Waals surface area contributed by atoms with Gasteiger partial charge in [0, 0.05) is 12.0 Å². The van der Waals surface area contributed by atoms with Gasteiger partial charge in [0.15, 0.2) is 0 Å². The Bertz CT molecular complexity index is 1140. The van der Waals surface area contributed by atoms with Crippen LogP contribution in [0.2, 0.25) is 0 Å². The molecule has 0 aliphatic rings. The number of rotatable bonds is 11. The first-order valence-corrected chi connectivity index (χ1v) is 12.3. The number of hydrogen-bond acceptors (Lipinski definition) is 8. The molecule has 4 N–H and O–H groups in total. The fourth-order valence-corrected chi connectivity index (χ4v) is 4.82. The Morgan fingerprint density at radius 3 is 2.53 bits per heavy atom. The Balaban J connectivity index is 1.79. The van der Waals surface area contributed by atoms with Crippen molar-refractivity contribution in [3.63, 3.8) is 0 Å². The van der Waals surface area contributed by atoms with Gasteiger partial charge in [-0.05, 0) is 72.4 Å². The summed E-state index contributed by atoms with van der Waals surface area (Å²) in [6.45, 7) is 10.3. The minimum atomic E-state index is -1.41. The molecule has 3 aromatic rings. The molecule has 2 atom stereocenters. The SMILES string of the molecule is CCc1cc(-c2nnc(-c3scc(CC(C)C)c3C)o2)cc(C)c1OC[C@@H](O)CC(O)C(N)=O. The van der Waals surface area contributed by atoms with E-state index in [0.29, 0.717) is 29.9 Å². The van der Waals surface area contributed by atoms with Crippen molar-refractivity contribution in [1.82, 2.24) is 10.2 Å². The van der Waals surface area contributed by atoms with Crippen molar-refractivity contribution in [2.45, 2.75) is 66.1 Å². The molecule has 34 heavy (non-hydrogen) atoms. The normalized spacial score (nSPS) is 13.3. The number of carbonyl (C=O) groups is 1. The van der Waals surface area contributed by atoms with Gasteiger partial charge in [-0.1, -0.05) is 20.8 Å². The third kappa shape index (κ3) is 6.02. The number of aryl methyl sites for hydroxylation is 2. The van der Waals surface area contributed by atoms with E-state index in [-0.39, 0.29) is 13.0 Å². The number of ether oxygens (including phenoxy) is 1. The van der Waals surface area contributed by atoms with Crippen LogP contribution in [0.5, 0.6) is 5.75 Å². The van der Waals surface area contributed by atoms with Crippen molar-refractivity contribution in [2.75, 3.05) is 6.61 Å². The lowest BCUT2D eigenvalue weighted by molar-refractivity contribution is -0.127. The van der Waals surface area contributed by atoms with Crippen LogP contribution in [0.1, 0.15) is 49.4 Å². The van der Waals surface area contributed by atoms with Gasteiger partial charge < -0.3 is 25.1 Å². The molecule has 3 rings (SSSR count). The van der Waals surface area contributed by atoms with E-state index in [4.69, 9.17) is 14.9 Å². The minimum Gasteiger partial charge on any atom is -0.490 e. The number of nitrogens with zero attached hydrogens (tertiary/aromatic N) is 2. The van der Waals surface area contributed by atoms with E-state index in [0.717, 1.165) is 28.0 Å². The lowest BCUT2D eigenvalue weighted by atomic mass is 10.0. The standard InChI is InChI=1S/C25H33N3O5S/c1-6-16-9-17(8-14(4)21(16)32-11-19(29)10-20(30)23(26)31)24-27-28-25(33-24)22-15(5)18(12-34-22)7-13(2)3/h8-9,12-13,19-20,29-30H,6-7,10-11H2,1-5H3,(H2,26,31)/t19-,20?/m0/s1. The second kappa shape index (κ2) is 11.1. The highest BCUT2D eigenvalue weighted by molar-refractivity contribution is 7.13. The number of amides is 1. The minimum absolute atomic E-state index is 0.0708. The lowest BCUT2D eigenvalue weighted by Crippen LogP contribution is -2.33. The molecule has 0 spiro atoms. The molecule has 0 bridgehead atoms. The van der Waals surface area contributed by atoms with E-state index in [1.54, 1.807) is 11.3 Å². The average molecular weight is 488 g/mol. The summed E-state index contributed by atoms with van der Waals surface area (Å²) in [5.41, 5.74) is 10.1. The van der Waals surface area contributed by atoms with Gasteiger partial charge in [-0.2, -0.15) is 0 Å².